The van der Waals surface area contributed by atoms with Crippen LogP contribution in [-0.4, -0.2) is 20.1 Å². The predicted molar refractivity (Wildman–Crippen MR) is 88.7 cm³/mol. The molecule has 0 fully saturated rings. The predicted octanol–water partition coefficient (Wildman–Crippen LogP) is 4.57. The van der Waals surface area contributed by atoms with Crippen molar-refractivity contribution >= 4 is 34.8 Å². The van der Waals surface area contributed by atoms with Crippen LogP contribution in [0.1, 0.15) is 15.9 Å². The van der Waals surface area contributed by atoms with Crippen molar-refractivity contribution in [3.05, 3.63) is 51.5 Å². The van der Waals surface area contributed by atoms with Gasteiger partial charge in [0.15, 0.2) is 11.5 Å². The molecule has 0 aromatic heterocycles. The number of anilines is 1. The summed E-state index contributed by atoms with van der Waals surface area (Å²) < 4.78 is 10.5. The van der Waals surface area contributed by atoms with Crippen LogP contribution in [0.2, 0.25) is 10.0 Å². The zero-order valence-corrected chi connectivity index (χ0v) is 13.9. The number of carbonyl (C=O) groups excluding carboxylic acids is 1. The fraction of sp³-hybridized carbons (Fsp3) is 0.188. The van der Waals surface area contributed by atoms with Gasteiger partial charge in [0.05, 0.1) is 24.8 Å². The molecule has 0 heterocycles. The number of halogens is 2. The normalized spacial score (nSPS) is 10.2. The summed E-state index contributed by atoms with van der Waals surface area (Å²) in [7, 11) is 3.09. The Balaban J connectivity index is 2.34. The quantitative estimate of drug-likeness (QED) is 0.887. The maximum atomic E-state index is 12.4. The molecule has 0 atom stereocenters. The summed E-state index contributed by atoms with van der Waals surface area (Å²) in [6.45, 7) is 1.86. The summed E-state index contributed by atoms with van der Waals surface area (Å²) in [5, 5.41) is 3.58. The number of amides is 1. The Labute approximate surface area is 138 Å². The summed E-state index contributed by atoms with van der Waals surface area (Å²) in [5.41, 5.74) is 1.76. The topological polar surface area (TPSA) is 47.6 Å². The maximum Gasteiger partial charge on any atom is 0.257 e. The largest absolute Gasteiger partial charge is 0.493 e. The molecule has 0 saturated heterocycles. The smallest absolute Gasteiger partial charge is 0.257 e. The van der Waals surface area contributed by atoms with Gasteiger partial charge in [0, 0.05) is 16.8 Å². The minimum atomic E-state index is -0.345. The van der Waals surface area contributed by atoms with Crippen LogP contribution in [-0.2, 0) is 0 Å². The molecule has 22 heavy (non-hydrogen) atoms. The highest BCUT2D eigenvalue weighted by atomic mass is 35.5. The molecule has 0 bridgehead atoms. The number of rotatable bonds is 4. The molecule has 0 saturated carbocycles. The van der Waals surface area contributed by atoms with Gasteiger partial charge in [-0.3, -0.25) is 4.79 Å². The third-order valence-electron chi connectivity index (χ3n) is 3.15. The van der Waals surface area contributed by atoms with Gasteiger partial charge in [0.25, 0.3) is 5.91 Å². The van der Waals surface area contributed by atoms with E-state index < -0.39 is 0 Å². The van der Waals surface area contributed by atoms with Crippen LogP contribution in [0.5, 0.6) is 11.5 Å². The van der Waals surface area contributed by atoms with Crippen LogP contribution in [0.4, 0.5) is 5.69 Å². The van der Waals surface area contributed by atoms with Crippen molar-refractivity contribution in [3.8, 4) is 11.5 Å². The molecule has 0 unspecified atom stereocenters. The van der Waals surface area contributed by atoms with Crippen molar-refractivity contribution in [1.29, 1.82) is 0 Å². The van der Waals surface area contributed by atoms with Crippen molar-refractivity contribution in [3.63, 3.8) is 0 Å². The Bertz CT molecular complexity index is 717. The van der Waals surface area contributed by atoms with E-state index in [1.165, 1.54) is 13.2 Å². The summed E-state index contributed by atoms with van der Waals surface area (Å²) in [6.07, 6.45) is 0. The number of benzene rings is 2. The third-order valence-corrected chi connectivity index (χ3v) is 3.72. The summed E-state index contributed by atoms with van der Waals surface area (Å²) in [6, 6.07) is 8.22. The van der Waals surface area contributed by atoms with Gasteiger partial charge in [0.1, 0.15) is 0 Å². The summed E-state index contributed by atoms with van der Waals surface area (Å²) in [4.78, 5) is 12.4. The molecule has 0 aliphatic heterocycles. The van der Waals surface area contributed by atoms with Gasteiger partial charge in [-0.2, -0.15) is 0 Å². The van der Waals surface area contributed by atoms with E-state index in [-0.39, 0.29) is 5.91 Å². The molecular weight excluding hydrogens is 325 g/mol. The van der Waals surface area contributed by atoms with E-state index in [9.17, 15) is 4.79 Å². The van der Waals surface area contributed by atoms with Gasteiger partial charge in [0.2, 0.25) is 0 Å². The second-order valence-corrected chi connectivity index (χ2v) is 5.44. The monoisotopic (exact) mass is 339 g/mol. The minimum absolute atomic E-state index is 0.309. The fourth-order valence-electron chi connectivity index (χ4n) is 1.98. The molecule has 0 radical (unpaired) electrons. The van der Waals surface area contributed by atoms with Crippen LogP contribution in [0.15, 0.2) is 30.3 Å². The average molecular weight is 340 g/mol. The second-order valence-electron chi connectivity index (χ2n) is 4.60. The molecule has 1 amide bonds. The van der Waals surface area contributed by atoms with E-state index in [1.54, 1.807) is 31.4 Å². The molecule has 2 aromatic carbocycles. The van der Waals surface area contributed by atoms with Gasteiger partial charge < -0.3 is 14.8 Å². The maximum absolute atomic E-state index is 12.4. The van der Waals surface area contributed by atoms with E-state index >= 15 is 0 Å². The third kappa shape index (κ3) is 3.46. The Morgan fingerprint density at radius 1 is 1.05 bits per heavy atom. The van der Waals surface area contributed by atoms with Crippen molar-refractivity contribution in [1.82, 2.24) is 0 Å². The number of carbonyl (C=O) groups is 1. The Kier molecular flexibility index (Phi) is 5.16. The Morgan fingerprint density at radius 3 is 2.32 bits per heavy atom. The van der Waals surface area contributed by atoms with Crippen molar-refractivity contribution in [2.24, 2.45) is 0 Å². The zero-order chi connectivity index (χ0) is 16.3. The highest BCUT2D eigenvalue weighted by Gasteiger charge is 2.14. The van der Waals surface area contributed by atoms with Crippen LogP contribution in [0.3, 0.4) is 0 Å². The first-order valence-electron chi connectivity index (χ1n) is 6.45. The SMILES string of the molecule is COc1cc(C)c(NC(=O)c2cc(Cl)ccc2Cl)cc1OC. The van der Waals surface area contributed by atoms with E-state index in [0.29, 0.717) is 32.8 Å². The molecule has 1 N–H and O–H groups in total. The van der Waals surface area contributed by atoms with Crippen LogP contribution in [0.25, 0.3) is 0 Å². The van der Waals surface area contributed by atoms with Gasteiger partial charge in [-0.25, -0.2) is 0 Å². The van der Waals surface area contributed by atoms with Crippen LogP contribution in [0, 0.1) is 6.92 Å². The summed E-state index contributed by atoms with van der Waals surface area (Å²) in [5.74, 6) is 0.780. The summed E-state index contributed by atoms with van der Waals surface area (Å²) >= 11 is 11.9. The first-order chi connectivity index (χ1) is 10.5. The highest BCUT2D eigenvalue weighted by Crippen LogP contribution is 2.33. The first kappa shape index (κ1) is 16.5. The molecule has 116 valence electrons. The van der Waals surface area contributed by atoms with Gasteiger partial charge in [-0.05, 0) is 36.8 Å². The molecule has 4 nitrogen and oxygen atoms in total. The molecular formula is C16H15Cl2NO3. The number of hydrogen-bond acceptors (Lipinski definition) is 3. The molecule has 0 aliphatic carbocycles. The number of aryl methyl sites for hydroxylation is 1. The van der Waals surface area contributed by atoms with E-state index in [2.05, 4.69) is 5.32 Å². The highest BCUT2D eigenvalue weighted by molar-refractivity contribution is 6.36. The van der Waals surface area contributed by atoms with Crippen molar-refractivity contribution < 1.29 is 14.3 Å². The van der Waals surface area contributed by atoms with E-state index in [0.717, 1.165) is 5.56 Å². The number of hydrogen-bond donors (Lipinski definition) is 1. The standard InChI is InChI=1S/C16H15Cl2NO3/c1-9-6-14(21-2)15(22-3)8-13(9)19-16(20)11-7-10(17)4-5-12(11)18/h4-8H,1-3H3,(H,19,20). The first-order valence-corrected chi connectivity index (χ1v) is 7.21. The van der Waals surface area contributed by atoms with Crippen molar-refractivity contribution in [2.45, 2.75) is 6.92 Å². The second kappa shape index (κ2) is 6.90. The number of ether oxygens (including phenoxy) is 2. The van der Waals surface area contributed by atoms with E-state index in [4.69, 9.17) is 32.7 Å². The van der Waals surface area contributed by atoms with Gasteiger partial charge >= 0.3 is 0 Å². The van der Waals surface area contributed by atoms with Gasteiger partial charge in [-0.15, -0.1) is 0 Å². The van der Waals surface area contributed by atoms with Crippen LogP contribution >= 0.6 is 23.2 Å². The molecule has 0 aliphatic rings. The number of nitrogens with one attached hydrogen (secondary N) is 1. The Hall–Kier alpha value is -1.91. The fourth-order valence-corrected chi connectivity index (χ4v) is 2.35. The molecule has 2 rings (SSSR count). The van der Waals surface area contributed by atoms with Crippen LogP contribution < -0.4 is 14.8 Å². The zero-order valence-electron chi connectivity index (χ0n) is 12.4. The molecule has 2 aromatic rings. The van der Waals surface area contributed by atoms with Crippen molar-refractivity contribution in [2.75, 3.05) is 19.5 Å². The van der Waals surface area contributed by atoms with E-state index in [1.807, 2.05) is 6.92 Å². The lowest BCUT2D eigenvalue weighted by atomic mass is 10.1. The molecule has 0 spiro atoms. The molecule has 6 heteroatoms. The number of methoxy groups -OCH3 is 2. The minimum Gasteiger partial charge on any atom is -0.493 e. The lowest BCUT2D eigenvalue weighted by Crippen LogP contribution is -2.13. The lowest BCUT2D eigenvalue weighted by molar-refractivity contribution is 0.102. The lowest BCUT2D eigenvalue weighted by Gasteiger charge is -2.14. The van der Waals surface area contributed by atoms with Gasteiger partial charge in [-0.1, -0.05) is 23.2 Å². The Morgan fingerprint density at radius 2 is 1.68 bits per heavy atom. The average Bonchev–Trinajstić information content (AvgIpc) is 2.51.